The second kappa shape index (κ2) is 13.5. The van der Waals surface area contributed by atoms with Crippen LogP contribution in [-0.4, -0.2) is 65.5 Å². The van der Waals surface area contributed by atoms with Gasteiger partial charge in [-0.3, -0.25) is 9.32 Å². The number of fused-ring (bicyclic) bond motifs is 1. The second-order valence-corrected chi connectivity index (χ2v) is 13.7. The van der Waals surface area contributed by atoms with E-state index < -0.39 is 48.5 Å². The zero-order valence-corrected chi connectivity index (χ0v) is 24.8. The first-order valence-corrected chi connectivity index (χ1v) is 17.0. The SMILES string of the molecule is Nc1ccnc2c1c(/C=C/C(=O)NCCc1ccccc1)cn2[C@H]1CC(O)[C@@H](COP(=O)(O)OP(=O)(O)OP(=O)(O)O)O1. The molecule has 43 heavy (non-hydrogen) atoms. The highest BCUT2D eigenvalue weighted by molar-refractivity contribution is 7.66. The topological polar surface area (TPSA) is 262 Å². The van der Waals surface area contributed by atoms with E-state index in [1.807, 2.05) is 30.3 Å². The van der Waals surface area contributed by atoms with Gasteiger partial charge in [0, 0.05) is 48.1 Å². The molecule has 3 aromatic rings. The summed E-state index contributed by atoms with van der Waals surface area (Å²) in [6, 6.07) is 11.2. The molecule has 1 aliphatic rings. The summed E-state index contributed by atoms with van der Waals surface area (Å²) in [5, 5.41) is 13.8. The second-order valence-electron chi connectivity index (χ2n) is 9.27. The summed E-state index contributed by atoms with van der Waals surface area (Å²) in [4.78, 5) is 53.0. The summed E-state index contributed by atoms with van der Waals surface area (Å²) >= 11 is 0. The molecule has 20 heteroatoms. The van der Waals surface area contributed by atoms with Gasteiger partial charge in [-0.2, -0.15) is 8.62 Å². The number of nitrogens with one attached hydrogen (secondary N) is 1. The smallest absolute Gasteiger partial charge is 0.398 e. The number of aliphatic hydroxyl groups excluding tert-OH is 1. The standard InChI is InChI=1S/C23H29N4O13P3/c24-17-9-11-26-23-22(17)16(6-7-20(29)25-10-8-15-4-2-1-3-5-15)13-27(23)21-12-18(28)19(38-21)14-37-42(33,34)40-43(35,36)39-41(30,31)32/h1-7,9,11,13,18-19,21,28H,8,10,12,14H2,(H2,24,26)(H,25,29)(H,33,34)(H,35,36)(H2,30,31,32)/b7-6+/t18?,19-,21-/m1/s1. The van der Waals surface area contributed by atoms with Crippen LogP contribution in [0.5, 0.6) is 0 Å². The molecule has 2 aromatic heterocycles. The van der Waals surface area contributed by atoms with Crippen LogP contribution in [0.2, 0.25) is 0 Å². The van der Waals surface area contributed by atoms with Crippen LogP contribution in [0.1, 0.15) is 23.8 Å². The monoisotopic (exact) mass is 662 g/mol. The summed E-state index contributed by atoms with van der Waals surface area (Å²) in [7, 11) is -16.7. The van der Waals surface area contributed by atoms with Crippen molar-refractivity contribution in [1.29, 1.82) is 0 Å². The maximum atomic E-state index is 12.4. The van der Waals surface area contributed by atoms with Gasteiger partial charge in [0.15, 0.2) is 0 Å². The van der Waals surface area contributed by atoms with E-state index in [1.54, 1.807) is 22.9 Å². The number of pyridine rings is 1. The summed E-state index contributed by atoms with van der Waals surface area (Å²) in [5.74, 6) is -0.335. The lowest BCUT2D eigenvalue weighted by Crippen LogP contribution is -2.26. The van der Waals surface area contributed by atoms with Gasteiger partial charge in [0.2, 0.25) is 5.91 Å². The van der Waals surface area contributed by atoms with E-state index in [9.17, 15) is 33.4 Å². The lowest BCUT2D eigenvalue weighted by Gasteiger charge is -2.19. The number of hydrogen-bond donors (Lipinski definition) is 7. The number of carbonyl (C=O) groups excluding carboxylic acids is 1. The van der Waals surface area contributed by atoms with Crippen LogP contribution < -0.4 is 11.1 Å². The van der Waals surface area contributed by atoms with E-state index in [1.165, 1.54) is 12.3 Å². The van der Waals surface area contributed by atoms with Crippen LogP contribution in [0, 0.1) is 0 Å². The number of anilines is 1. The predicted octanol–water partition coefficient (Wildman–Crippen LogP) is 1.98. The van der Waals surface area contributed by atoms with Gasteiger partial charge >= 0.3 is 23.5 Å². The minimum absolute atomic E-state index is 0.0478. The van der Waals surface area contributed by atoms with Crippen LogP contribution >= 0.6 is 23.5 Å². The highest BCUT2D eigenvalue weighted by Gasteiger charge is 2.43. The van der Waals surface area contributed by atoms with E-state index in [2.05, 4.69) is 23.4 Å². The Morgan fingerprint density at radius 2 is 1.84 bits per heavy atom. The third-order valence-corrected chi connectivity index (χ3v) is 9.88. The highest BCUT2D eigenvalue weighted by Crippen LogP contribution is 2.66. The van der Waals surface area contributed by atoms with Gasteiger partial charge in [0.1, 0.15) is 18.0 Å². The van der Waals surface area contributed by atoms with Crippen molar-refractivity contribution in [2.45, 2.75) is 31.3 Å². The van der Waals surface area contributed by atoms with Crippen molar-refractivity contribution in [3.63, 3.8) is 0 Å². The molecule has 4 rings (SSSR count). The molecule has 0 saturated carbocycles. The number of phosphoric acid groups is 3. The Hall–Kier alpha value is -2.75. The largest absolute Gasteiger partial charge is 0.490 e. The average molecular weight is 662 g/mol. The van der Waals surface area contributed by atoms with E-state index >= 15 is 0 Å². The molecular weight excluding hydrogens is 633 g/mol. The van der Waals surface area contributed by atoms with Gasteiger partial charge < -0.3 is 45.0 Å². The summed E-state index contributed by atoms with van der Waals surface area (Å²) in [5.41, 5.74) is 8.50. The average Bonchev–Trinajstić information content (AvgIpc) is 3.45. The van der Waals surface area contributed by atoms with Crippen LogP contribution in [0.25, 0.3) is 17.1 Å². The number of aromatic nitrogens is 2. The number of rotatable bonds is 13. The quantitative estimate of drug-likeness (QED) is 0.102. The first-order valence-electron chi connectivity index (χ1n) is 12.5. The summed E-state index contributed by atoms with van der Waals surface area (Å²) in [6.07, 6.45) is 3.16. The van der Waals surface area contributed by atoms with Crippen molar-refractivity contribution in [1.82, 2.24) is 14.9 Å². The van der Waals surface area contributed by atoms with Gasteiger partial charge in [0.25, 0.3) is 0 Å². The van der Waals surface area contributed by atoms with Crippen molar-refractivity contribution in [3.8, 4) is 0 Å². The Morgan fingerprint density at radius 1 is 1.12 bits per heavy atom. The molecular formula is C23H29N4O13P3. The Labute approximate surface area is 244 Å². The fourth-order valence-corrected chi connectivity index (χ4v) is 7.31. The first kappa shape index (κ1) is 33.1. The number of nitrogens with zero attached hydrogens (tertiary/aromatic N) is 2. The fourth-order valence-electron chi connectivity index (χ4n) is 4.28. The summed E-state index contributed by atoms with van der Waals surface area (Å²) < 4.78 is 53.6. The molecule has 0 spiro atoms. The number of phosphoric ester groups is 1. The lowest BCUT2D eigenvalue weighted by molar-refractivity contribution is -0.116. The minimum Gasteiger partial charge on any atom is -0.398 e. The van der Waals surface area contributed by atoms with Crippen molar-refractivity contribution >= 4 is 52.2 Å². The third kappa shape index (κ3) is 9.37. The van der Waals surface area contributed by atoms with Crippen LogP contribution in [0.3, 0.4) is 0 Å². The molecule has 1 fully saturated rings. The van der Waals surface area contributed by atoms with Gasteiger partial charge in [-0.05, 0) is 24.1 Å². The fraction of sp³-hybridized carbons (Fsp3) is 0.304. The van der Waals surface area contributed by atoms with Gasteiger partial charge in [-0.15, -0.1) is 0 Å². The molecule has 1 aliphatic heterocycles. The van der Waals surface area contributed by atoms with Crippen LogP contribution in [0.15, 0.2) is 54.9 Å². The molecule has 1 saturated heterocycles. The zero-order valence-electron chi connectivity index (χ0n) is 22.1. The maximum absolute atomic E-state index is 12.4. The molecule has 5 atom stereocenters. The first-order chi connectivity index (χ1) is 20.1. The minimum atomic E-state index is -5.70. The van der Waals surface area contributed by atoms with Crippen LogP contribution in [-0.2, 0) is 42.8 Å². The number of aliphatic hydroxyl groups is 1. The predicted molar refractivity (Wildman–Crippen MR) is 151 cm³/mol. The third-order valence-electron chi connectivity index (χ3n) is 6.08. The molecule has 3 unspecified atom stereocenters. The molecule has 234 valence electrons. The molecule has 3 heterocycles. The Bertz CT molecular complexity index is 1630. The number of carbonyl (C=O) groups is 1. The van der Waals surface area contributed by atoms with E-state index in [0.717, 1.165) is 5.56 Å². The van der Waals surface area contributed by atoms with Crippen molar-refractivity contribution < 1.29 is 61.1 Å². The maximum Gasteiger partial charge on any atom is 0.490 e. The molecule has 0 bridgehead atoms. The van der Waals surface area contributed by atoms with E-state index in [4.69, 9.17) is 20.3 Å². The van der Waals surface area contributed by atoms with E-state index in [0.29, 0.717) is 35.2 Å². The number of nitrogen functional groups attached to an aromatic ring is 1. The van der Waals surface area contributed by atoms with Gasteiger partial charge in [-0.1, -0.05) is 30.3 Å². The Balaban J connectivity index is 1.42. The molecule has 17 nitrogen and oxygen atoms in total. The number of hydrogen-bond acceptors (Lipinski definition) is 11. The van der Waals surface area contributed by atoms with E-state index in [-0.39, 0.29) is 12.3 Å². The molecule has 0 radical (unpaired) electrons. The number of ether oxygens (including phenoxy) is 1. The van der Waals surface area contributed by atoms with Crippen molar-refractivity contribution in [2.75, 3.05) is 18.9 Å². The molecule has 1 aromatic carbocycles. The number of benzene rings is 1. The zero-order chi connectivity index (χ0) is 31.4. The van der Waals surface area contributed by atoms with Gasteiger partial charge in [-0.25, -0.2) is 18.7 Å². The summed E-state index contributed by atoms with van der Waals surface area (Å²) in [6.45, 7) is -0.402. The normalized spacial score (nSPS) is 22.0. The number of amides is 1. The Kier molecular flexibility index (Phi) is 10.4. The van der Waals surface area contributed by atoms with Crippen LogP contribution in [0.4, 0.5) is 5.69 Å². The van der Waals surface area contributed by atoms with Crippen molar-refractivity contribution in [3.05, 3.63) is 66.0 Å². The molecule has 0 aliphatic carbocycles. The molecule has 8 N–H and O–H groups in total. The van der Waals surface area contributed by atoms with Gasteiger partial charge in [0.05, 0.1) is 12.7 Å². The Morgan fingerprint density at radius 3 is 2.53 bits per heavy atom. The number of nitrogens with two attached hydrogens (primary N) is 1. The van der Waals surface area contributed by atoms with Crippen molar-refractivity contribution in [2.24, 2.45) is 0 Å². The highest BCUT2D eigenvalue weighted by atomic mass is 31.3. The lowest BCUT2D eigenvalue weighted by atomic mass is 10.1. The molecule has 1 amide bonds.